The first-order valence-electron chi connectivity index (χ1n) is 4.71. The van der Waals surface area contributed by atoms with Crippen LogP contribution in [-0.2, 0) is 10.2 Å². The van der Waals surface area contributed by atoms with Gasteiger partial charge in [0.05, 0.1) is 5.41 Å². The summed E-state index contributed by atoms with van der Waals surface area (Å²) >= 11 is 0. The molecule has 2 N–H and O–H groups in total. The Bertz CT molecular complexity index is 379. The number of carbonyl (C=O) groups is 1. The van der Waals surface area contributed by atoms with Crippen LogP contribution in [0.5, 0.6) is 5.75 Å². The lowest BCUT2D eigenvalue weighted by atomic mass is 9.63. The molecular formula is C11H11FO3. The molecule has 1 saturated carbocycles. The van der Waals surface area contributed by atoms with Gasteiger partial charge in [-0.3, -0.25) is 4.79 Å². The van der Waals surface area contributed by atoms with E-state index in [0.717, 1.165) is 0 Å². The molecule has 1 aromatic carbocycles. The number of carboxylic acid groups (broad SMARTS) is 1. The average Bonchev–Trinajstić information content (AvgIpc) is 2.13. The molecule has 15 heavy (non-hydrogen) atoms. The fraction of sp³-hybridized carbons (Fsp3) is 0.364. The number of phenols is 1. The summed E-state index contributed by atoms with van der Waals surface area (Å²) < 4.78 is 12.8. The lowest BCUT2D eigenvalue weighted by Gasteiger charge is -2.40. The van der Waals surface area contributed by atoms with Crippen LogP contribution in [0, 0.1) is 0 Å². The maximum atomic E-state index is 12.8. The normalized spacial score (nSPS) is 29.5. The lowest BCUT2D eigenvalue weighted by molar-refractivity contribution is -0.150. The summed E-state index contributed by atoms with van der Waals surface area (Å²) in [6, 6.07) is 5.92. The molecule has 1 aromatic rings. The van der Waals surface area contributed by atoms with Crippen LogP contribution in [0.2, 0.25) is 0 Å². The van der Waals surface area contributed by atoms with Gasteiger partial charge in [-0.15, -0.1) is 0 Å². The van der Waals surface area contributed by atoms with Crippen molar-refractivity contribution in [3.05, 3.63) is 29.8 Å². The van der Waals surface area contributed by atoms with Crippen LogP contribution >= 0.6 is 0 Å². The summed E-state index contributed by atoms with van der Waals surface area (Å²) in [6.45, 7) is 0. The van der Waals surface area contributed by atoms with Gasteiger partial charge in [0.15, 0.2) is 0 Å². The SMILES string of the molecule is O=C(O)C1(c2ccc(O)cc2)CC(F)C1. The van der Waals surface area contributed by atoms with E-state index in [1.807, 2.05) is 0 Å². The Hall–Kier alpha value is -1.58. The molecule has 0 unspecified atom stereocenters. The molecule has 1 aliphatic carbocycles. The number of phenolic OH excluding ortho intramolecular Hbond substituents is 1. The van der Waals surface area contributed by atoms with Gasteiger partial charge in [-0.2, -0.15) is 0 Å². The third kappa shape index (κ3) is 1.46. The third-order valence-electron chi connectivity index (χ3n) is 2.97. The number of alkyl halides is 1. The quantitative estimate of drug-likeness (QED) is 0.783. The van der Waals surface area contributed by atoms with E-state index < -0.39 is 17.6 Å². The van der Waals surface area contributed by atoms with Gasteiger partial charge in [-0.25, -0.2) is 4.39 Å². The summed E-state index contributed by atoms with van der Waals surface area (Å²) in [6.07, 6.45) is -0.991. The molecule has 80 valence electrons. The molecule has 0 aliphatic heterocycles. The maximum absolute atomic E-state index is 12.8. The second-order valence-electron chi connectivity index (χ2n) is 3.94. The van der Waals surface area contributed by atoms with Crippen molar-refractivity contribution in [1.29, 1.82) is 0 Å². The first-order chi connectivity index (χ1) is 7.04. The van der Waals surface area contributed by atoms with E-state index in [-0.39, 0.29) is 18.6 Å². The lowest BCUT2D eigenvalue weighted by Crippen LogP contribution is -2.48. The molecule has 0 atom stereocenters. The molecule has 2 rings (SSSR count). The predicted molar refractivity (Wildman–Crippen MR) is 51.6 cm³/mol. The summed E-state index contributed by atoms with van der Waals surface area (Å²) in [5.41, 5.74) is -0.533. The minimum absolute atomic E-state index is 0.0209. The molecule has 0 radical (unpaired) electrons. The minimum atomic E-state index is -1.09. The van der Waals surface area contributed by atoms with Crippen molar-refractivity contribution in [1.82, 2.24) is 0 Å². The van der Waals surface area contributed by atoms with Crippen molar-refractivity contribution in [2.75, 3.05) is 0 Å². The fourth-order valence-corrected chi connectivity index (χ4v) is 2.01. The highest BCUT2D eigenvalue weighted by Gasteiger charge is 2.52. The second kappa shape index (κ2) is 3.22. The molecule has 0 aromatic heterocycles. The van der Waals surface area contributed by atoms with Crippen LogP contribution < -0.4 is 0 Å². The van der Waals surface area contributed by atoms with Crippen LogP contribution in [0.3, 0.4) is 0 Å². The van der Waals surface area contributed by atoms with Gasteiger partial charge >= 0.3 is 5.97 Å². The van der Waals surface area contributed by atoms with Crippen molar-refractivity contribution < 1.29 is 19.4 Å². The zero-order valence-corrected chi connectivity index (χ0v) is 7.98. The van der Waals surface area contributed by atoms with Crippen molar-refractivity contribution in [2.24, 2.45) is 0 Å². The van der Waals surface area contributed by atoms with Crippen molar-refractivity contribution >= 4 is 5.97 Å². The molecule has 1 fully saturated rings. The Balaban J connectivity index is 2.34. The standard InChI is InChI=1S/C11H11FO3/c12-8-5-11(6-8,10(14)15)7-1-3-9(13)4-2-7/h1-4,8,13H,5-6H2,(H,14,15). The second-order valence-corrected chi connectivity index (χ2v) is 3.94. The van der Waals surface area contributed by atoms with Gasteiger partial charge in [0.2, 0.25) is 0 Å². The number of hydrogen-bond donors (Lipinski definition) is 2. The average molecular weight is 210 g/mol. The van der Waals surface area contributed by atoms with Crippen molar-refractivity contribution in [3.63, 3.8) is 0 Å². The molecular weight excluding hydrogens is 199 g/mol. The Morgan fingerprint density at radius 1 is 1.33 bits per heavy atom. The highest BCUT2D eigenvalue weighted by molar-refractivity contribution is 5.83. The number of carboxylic acids is 1. The Kier molecular flexibility index (Phi) is 2.14. The Labute approximate surface area is 86.2 Å². The monoisotopic (exact) mass is 210 g/mol. The van der Waals surface area contributed by atoms with Crippen molar-refractivity contribution in [2.45, 2.75) is 24.4 Å². The van der Waals surface area contributed by atoms with Gasteiger partial charge in [-0.05, 0) is 30.5 Å². The van der Waals surface area contributed by atoms with E-state index in [9.17, 15) is 9.18 Å². The Morgan fingerprint density at radius 2 is 1.87 bits per heavy atom. The van der Waals surface area contributed by atoms with E-state index in [4.69, 9.17) is 10.2 Å². The van der Waals surface area contributed by atoms with Gasteiger partial charge in [-0.1, -0.05) is 12.1 Å². The summed E-state index contributed by atoms with van der Waals surface area (Å²) in [4.78, 5) is 11.1. The molecule has 0 bridgehead atoms. The van der Waals surface area contributed by atoms with E-state index in [2.05, 4.69) is 0 Å². The first kappa shape index (κ1) is 9.96. The smallest absolute Gasteiger partial charge is 0.314 e. The number of halogens is 1. The largest absolute Gasteiger partial charge is 0.508 e. The van der Waals surface area contributed by atoms with Crippen LogP contribution in [0.4, 0.5) is 4.39 Å². The summed E-state index contributed by atoms with van der Waals surface area (Å²) in [7, 11) is 0. The molecule has 4 heteroatoms. The Morgan fingerprint density at radius 3 is 2.27 bits per heavy atom. The van der Waals surface area contributed by atoms with E-state index in [1.165, 1.54) is 24.3 Å². The van der Waals surface area contributed by atoms with Crippen LogP contribution in [0.25, 0.3) is 0 Å². The molecule has 0 heterocycles. The topological polar surface area (TPSA) is 57.5 Å². The molecule has 0 spiro atoms. The zero-order valence-electron chi connectivity index (χ0n) is 7.98. The summed E-state index contributed by atoms with van der Waals surface area (Å²) in [5.74, 6) is -0.919. The molecule has 1 aliphatic rings. The van der Waals surface area contributed by atoms with E-state index in [0.29, 0.717) is 5.56 Å². The van der Waals surface area contributed by atoms with Crippen molar-refractivity contribution in [3.8, 4) is 5.75 Å². The molecule has 0 amide bonds. The molecule has 3 nitrogen and oxygen atoms in total. The maximum Gasteiger partial charge on any atom is 0.314 e. The van der Waals surface area contributed by atoms with E-state index >= 15 is 0 Å². The summed E-state index contributed by atoms with van der Waals surface area (Å²) in [5, 5.41) is 18.2. The first-order valence-corrected chi connectivity index (χ1v) is 4.71. The van der Waals surface area contributed by atoms with Crippen LogP contribution in [0.15, 0.2) is 24.3 Å². The minimum Gasteiger partial charge on any atom is -0.508 e. The van der Waals surface area contributed by atoms with Crippen LogP contribution in [0.1, 0.15) is 18.4 Å². The van der Waals surface area contributed by atoms with Gasteiger partial charge < -0.3 is 10.2 Å². The fourth-order valence-electron chi connectivity index (χ4n) is 2.01. The highest BCUT2D eigenvalue weighted by Crippen LogP contribution is 2.45. The van der Waals surface area contributed by atoms with Gasteiger partial charge in [0.1, 0.15) is 11.9 Å². The number of rotatable bonds is 2. The molecule has 0 saturated heterocycles. The van der Waals surface area contributed by atoms with E-state index in [1.54, 1.807) is 0 Å². The number of benzene rings is 1. The number of aromatic hydroxyl groups is 1. The van der Waals surface area contributed by atoms with Gasteiger partial charge in [0, 0.05) is 0 Å². The number of hydrogen-bond acceptors (Lipinski definition) is 2. The van der Waals surface area contributed by atoms with Gasteiger partial charge in [0.25, 0.3) is 0 Å². The highest BCUT2D eigenvalue weighted by atomic mass is 19.1. The zero-order chi connectivity index (χ0) is 11.1. The predicted octanol–water partition coefficient (Wildman–Crippen LogP) is 1.85. The number of aliphatic carboxylic acids is 1. The van der Waals surface area contributed by atoms with Crippen LogP contribution in [-0.4, -0.2) is 22.4 Å². The third-order valence-corrected chi connectivity index (χ3v) is 2.97.